The fourth-order valence-electron chi connectivity index (χ4n) is 5.47. The third-order valence-corrected chi connectivity index (χ3v) is 5.97. The molecule has 4 aliphatic carbocycles. The molecule has 20 heavy (non-hydrogen) atoms. The van der Waals surface area contributed by atoms with Crippen LogP contribution >= 0.6 is 0 Å². The van der Waals surface area contributed by atoms with Crippen LogP contribution < -0.4 is 5.73 Å². The summed E-state index contributed by atoms with van der Waals surface area (Å²) < 4.78 is 5.51. The van der Waals surface area contributed by atoms with Crippen LogP contribution in [0.1, 0.15) is 63.1 Å². The Bertz CT molecular complexity index is 460. The molecule has 0 aromatic carbocycles. The van der Waals surface area contributed by atoms with Gasteiger partial charge in [-0.05, 0) is 61.7 Å². The first-order valence-electron chi connectivity index (χ1n) is 8.18. The van der Waals surface area contributed by atoms with Crippen LogP contribution in [0.25, 0.3) is 0 Å². The fourth-order valence-corrected chi connectivity index (χ4v) is 5.47. The molecule has 0 spiro atoms. The van der Waals surface area contributed by atoms with E-state index in [1.807, 2.05) is 0 Å². The first-order valence-corrected chi connectivity index (χ1v) is 8.18. The molecule has 4 heteroatoms. The van der Waals surface area contributed by atoms with Crippen molar-refractivity contribution in [2.24, 2.45) is 28.9 Å². The number of rotatable bonds is 4. The van der Waals surface area contributed by atoms with Crippen molar-refractivity contribution in [1.29, 1.82) is 0 Å². The number of aromatic nitrogens is 2. The van der Waals surface area contributed by atoms with Gasteiger partial charge in [0.05, 0.1) is 0 Å². The largest absolute Gasteiger partial charge is 0.339 e. The Morgan fingerprint density at radius 2 is 1.80 bits per heavy atom. The van der Waals surface area contributed by atoms with Crippen molar-refractivity contribution in [3.63, 3.8) is 0 Å². The van der Waals surface area contributed by atoms with Gasteiger partial charge in [-0.2, -0.15) is 4.98 Å². The molecule has 4 saturated carbocycles. The van der Waals surface area contributed by atoms with Crippen LogP contribution in [0, 0.1) is 23.2 Å². The van der Waals surface area contributed by atoms with E-state index in [0.717, 1.165) is 35.9 Å². The summed E-state index contributed by atoms with van der Waals surface area (Å²) in [7, 11) is 0. The minimum atomic E-state index is 0.198. The molecule has 1 atom stereocenters. The molecule has 0 aliphatic heterocycles. The summed E-state index contributed by atoms with van der Waals surface area (Å²) in [5.41, 5.74) is 6.16. The number of hydrogen-bond donors (Lipinski definition) is 1. The van der Waals surface area contributed by atoms with Crippen molar-refractivity contribution in [2.45, 2.75) is 57.8 Å². The predicted molar refractivity (Wildman–Crippen MR) is 76.1 cm³/mol. The van der Waals surface area contributed by atoms with Crippen LogP contribution in [-0.2, 0) is 6.42 Å². The zero-order valence-electron chi connectivity index (χ0n) is 12.3. The van der Waals surface area contributed by atoms with Crippen molar-refractivity contribution in [3.05, 3.63) is 11.7 Å². The lowest BCUT2D eigenvalue weighted by atomic mass is 9.49. The molecular formula is C16H25N3O. The number of nitrogens with two attached hydrogens (primary N) is 1. The van der Waals surface area contributed by atoms with E-state index < -0.39 is 0 Å². The average molecular weight is 275 g/mol. The zero-order valence-corrected chi connectivity index (χ0v) is 12.3. The monoisotopic (exact) mass is 275 g/mol. The quantitative estimate of drug-likeness (QED) is 0.917. The Labute approximate surface area is 120 Å². The van der Waals surface area contributed by atoms with Crippen molar-refractivity contribution >= 4 is 0 Å². The zero-order chi connectivity index (χ0) is 13.7. The maximum absolute atomic E-state index is 5.68. The van der Waals surface area contributed by atoms with Crippen LogP contribution in [-0.4, -0.2) is 16.7 Å². The highest BCUT2D eigenvalue weighted by Gasteiger charge is 2.51. The lowest BCUT2D eigenvalue weighted by Gasteiger charge is -2.56. The van der Waals surface area contributed by atoms with Gasteiger partial charge in [-0.25, -0.2) is 0 Å². The highest BCUT2D eigenvalue weighted by Crippen LogP contribution is 2.60. The van der Waals surface area contributed by atoms with Gasteiger partial charge in [0.2, 0.25) is 5.89 Å². The van der Waals surface area contributed by atoms with Gasteiger partial charge in [-0.1, -0.05) is 12.1 Å². The van der Waals surface area contributed by atoms with E-state index in [4.69, 9.17) is 10.3 Å². The molecule has 110 valence electrons. The van der Waals surface area contributed by atoms with Gasteiger partial charge in [0, 0.05) is 18.9 Å². The van der Waals surface area contributed by atoms with Crippen molar-refractivity contribution in [2.75, 3.05) is 6.54 Å². The Kier molecular flexibility index (Phi) is 2.92. The second kappa shape index (κ2) is 4.55. The van der Waals surface area contributed by atoms with E-state index in [1.54, 1.807) is 0 Å². The molecule has 4 aliphatic rings. The van der Waals surface area contributed by atoms with Crippen LogP contribution in [0.3, 0.4) is 0 Å². The maximum atomic E-state index is 5.68. The molecule has 0 radical (unpaired) electrons. The molecule has 5 rings (SSSR count). The van der Waals surface area contributed by atoms with Crippen LogP contribution in [0.4, 0.5) is 0 Å². The van der Waals surface area contributed by atoms with E-state index in [9.17, 15) is 0 Å². The molecule has 0 amide bonds. The average Bonchev–Trinajstić information content (AvgIpc) is 2.83. The molecule has 0 saturated heterocycles. The molecule has 4 fully saturated rings. The molecule has 1 heterocycles. The Morgan fingerprint density at radius 1 is 1.20 bits per heavy atom. The fraction of sp³-hybridized carbons (Fsp3) is 0.875. The summed E-state index contributed by atoms with van der Waals surface area (Å²) >= 11 is 0. The van der Waals surface area contributed by atoms with Gasteiger partial charge in [-0.3, -0.25) is 0 Å². The molecule has 1 unspecified atom stereocenters. The smallest absolute Gasteiger partial charge is 0.227 e. The predicted octanol–water partition coefficient (Wildman–Crippen LogP) is 2.89. The molecule has 2 N–H and O–H groups in total. The Hall–Kier alpha value is -0.900. The highest BCUT2D eigenvalue weighted by molar-refractivity contribution is 5.05. The summed E-state index contributed by atoms with van der Waals surface area (Å²) in [4.78, 5) is 4.60. The van der Waals surface area contributed by atoms with Gasteiger partial charge in [0.25, 0.3) is 0 Å². The first-order chi connectivity index (χ1) is 9.66. The summed E-state index contributed by atoms with van der Waals surface area (Å²) in [5, 5.41) is 4.12. The minimum absolute atomic E-state index is 0.198. The molecule has 4 nitrogen and oxygen atoms in total. The van der Waals surface area contributed by atoms with Crippen LogP contribution in [0.15, 0.2) is 4.52 Å². The molecule has 4 bridgehead atoms. The van der Waals surface area contributed by atoms with Crippen molar-refractivity contribution in [3.8, 4) is 0 Å². The van der Waals surface area contributed by atoms with E-state index in [2.05, 4.69) is 17.1 Å². The van der Waals surface area contributed by atoms with Crippen LogP contribution in [0.2, 0.25) is 0 Å². The first kappa shape index (κ1) is 12.8. The van der Waals surface area contributed by atoms with Crippen LogP contribution in [0.5, 0.6) is 0 Å². The normalized spacial score (nSPS) is 40.2. The Balaban J connectivity index is 1.52. The molecular weight excluding hydrogens is 250 g/mol. The second-order valence-corrected chi connectivity index (χ2v) is 7.78. The van der Waals surface area contributed by atoms with E-state index in [-0.39, 0.29) is 5.92 Å². The van der Waals surface area contributed by atoms with Crippen molar-refractivity contribution < 1.29 is 4.52 Å². The third kappa shape index (κ3) is 2.09. The van der Waals surface area contributed by atoms with Gasteiger partial charge >= 0.3 is 0 Å². The SMILES string of the molecule is CC(CN)c1noc(CC23CC4CC(CC(C4)C2)C3)n1. The topological polar surface area (TPSA) is 64.9 Å². The van der Waals surface area contributed by atoms with Crippen molar-refractivity contribution in [1.82, 2.24) is 10.1 Å². The van der Waals surface area contributed by atoms with E-state index in [1.165, 1.54) is 38.5 Å². The Morgan fingerprint density at radius 3 is 2.35 bits per heavy atom. The van der Waals surface area contributed by atoms with Gasteiger partial charge < -0.3 is 10.3 Å². The number of nitrogens with zero attached hydrogens (tertiary/aromatic N) is 2. The standard InChI is InChI=1S/C16H25N3O/c1-10(9-17)15-18-14(20-19-15)8-16-5-11-2-12(6-16)4-13(3-11)7-16/h10-13H,2-9,17H2,1H3. The minimum Gasteiger partial charge on any atom is -0.339 e. The highest BCUT2D eigenvalue weighted by atomic mass is 16.5. The maximum Gasteiger partial charge on any atom is 0.227 e. The molecule has 1 aromatic heterocycles. The van der Waals surface area contributed by atoms with Gasteiger partial charge in [0.1, 0.15) is 0 Å². The van der Waals surface area contributed by atoms with E-state index >= 15 is 0 Å². The van der Waals surface area contributed by atoms with Gasteiger partial charge in [-0.15, -0.1) is 0 Å². The van der Waals surface area contributed by atoms with E-state index in [0.29, 0.717) is 12.0 Å². The lowest BCUT2D eigenvalue weighted by molar-refractivity contribution is -0.0556. The lowest BCUT2D eigenvalue weighted by Crippen LogP contribution is -2.47. The second-order valence-electron chi connectivity index (χ2n) is 7.78. The van der Waals surface area contributed by atoms with Gasteiger partial charge in [0.15, 0.2) is 5.82 Å². The summed E-state index contributed by atoms with van der Waals surface area (Å²) in [5.74, 6) is 4.77. The summed E-state index contributed by atoms with van der Waals surface area (Å²) in [6.45, 7) is 2.63. The number of hydrogen-bond acceptors (Lipinski definition) is 4. The summed E-state index contributed by atoms with van der Waals surface area (Å²) in [6, 6.07) is 0. The summed E-state index contributed by atoms with van der Waals surface area (Å²) in [6.07, 6.45) is 9.63. The third-order valence-electron chi connectivity index (χ3n) is 5.97. The molecule has 1 aromatic rings.